The number of nitrogens with zero attached hydrogens (tertiary/aromatic N) is 2. The van der Waals surface area contributed by atoms with E-state index in [0.29, 0.717) is 11.1 Å². The van der Waals surface area contributed by atoms with Gasteiger partial charge in [-0.1, -0.05) is 12.1 Å². The lowest BCUT2D eigenvalue weighted by molar-refractivity contribution is 0.460. The van der Waals surface area contributed by atoms with Crippen molar-refractivity contribution in [3.8, 4) is 22.5 Å². The molecule has 4 nitrogen and oxygen atoms in total. The van der Waals surface area contributed by atoms with Crippen LogP contribution < -0.4 is 0 Å². The van der Waals surface area contributed by atoms with Gasteiger partial charge in [0.2, 0.25) is 0 Å². The highest BCUT2D eigenvalue weighted by atomic mass is 32.1. The molecular weight excluding hydrogens is 282 g/mol. The van der Waals surface area contributed by atoms with E-state index < -0.39 is 0 Å². The summed E-state index contributed by atoms with van der Waals surface area (Å²) in [5.74, 6) is 0.0825. The van der Waals surface area contributed by atoms with Gasteiger partial charge in [-0.15, -0.1) is 11.3 Å². The van der Waals surface area contributed by atoms with Crippen LogP contribution in [0.3, 0.4) is 0 Å². The van der Waals surface area contributed by atoms with Crippen molar-refractivity contribution in [2.24, 2.45) is 0 Å². The number of thiazole rings is 1. The molecule has 0 amide bonds. The molecule has 0 radical (unpaired) electrons. The predicted molar refractivity (Wildman–Crippen MR) is 83.3 cm³/mol. The second-order valence-corrected chi connectivity index (χ2v) is 5.74. The van der Waals surface area contributed by atoms with E-state index in [2.05, 4.69) is 16.0 Å². The summed E-state index contributed by atoms with van der Waals surface area (Å²) < 4.78 is 1.07. The third-order valence-electron chi connectivity index (χ3n) is 3.42. The van der Waals surface area contributed by atoms with Crippen LogP contribution in [-0.4, -0.2) is 15.1 Å². The number of nitrogens with one attached hydrogen (secondary N) is 1. The highest BCUT2D eigenvalue weighted by Crippen LogP contribution is 2.40. The Bertz CT molecular complexity index is 990. The molecule has 5 heteroatoms. The predicted octanol–water partition coefficient (Wildman–Crippen LogP) is 4.02. The smallest absolute Gasteiger partial charge is 0.199 e. The summed E-state index contributed by atoms with van der Waals surface area (Å²) in [5, 5.41) is 20.8. The Morgan fingerprint density at radius 2 is 2.05 bits per heavy atom. The van der Waals surface area contributed by atoms with Gasteiger partial charge in [-0.05, 0) is 30.3 Å². The molecule has 100 valence electrons. The summed E-state index contributed by atoms with van der Waals surface area (Å²) in [6.45, 7) is 0. The molecule has 0 saturated heterocycles. The van der Waals surface area contributed by atoms with Gasteiger partial charge in [0.05, 0.1) is 27.4 Å². The van der Waals surface area contributed by atoms with Crippen LogP contribution in [0.5, 0.6) is 5.88 Å². The third kappa shape index (κ3) is 1.77. The molecule has 0 saturated carbocycles. The lowest BCUT2D eigenvalue weighted by atomic mass is 10.1. The van der Waals surface area contributed by atoms with Crippen molar-refractivity contribution in [1.82, 2.24) is 9.97 Å². The largest absolute Gasteiger partial charge is 0.494 e. The SMILES string of the molecule is N#Cc1ccc2[nH]c(O)c(-c3nc4ccccc4s3)c2c1. The van der Waals surface area contributed by atoms with Crippen molar-refractivity contribution >= 4 is 32.5 Å². The number of fused-ring (bicyclic) bond motifs is 2. The molecule has 2 aromatic carbocycles. The van der Waals surface area contributed by atoms with E-state index in [1.54, 1.807) is 18.2 Å². The van der Waals surface area contributed by atoms with Crippen LogP contribution in [0.4, 0.5) is 0 Å². The fourth-order valence-corrected chi connectivity index (χ4v) is 3.47. The van der Waals surface area contributed by atoms with Gasteiger partial charge >= 0.3 is 0 Å². The number of aromatic hydroxyl groups is 1. The Kier molecular flexibility index (Phi) is 2.46. The van der Waals surface area contributed by atoms with Gasteiger partial charge in [0.15, 0.2) is 5.88 Å². The highest BCUT2D eigenvalue weighted by Gasteiger charge is 2.17. The lowest BCUT2D eigenvalue weighted by Crippen LogP contribution is -1.77. The molecule has 0 aliphatic heterocycles. The van der Waals surface area contributed by atoms with E-state index in [1.807, 2.05) is 24.3 Å². The van der Waals surface area contributed by atoms with Crippen LogP contribution in [0.25, 0.3) is 31.7 Å². The zero-order valence-electron chi connectivity index (χ0n) is 10.8. The van der Waals surface area contributed by atoms with Gasteiger partial charge in [-0.2, -0.15) is 5.26 Å². The summed E-state index contributed by atoms with van der Waals surface area (Å²) in [6, 6.07) is 15.3. The number of benzene rings is 2. The van der Waals surface area contributed by atoms with Crippen LogP contribution in [-0.2, 0) is 0 Å². The minimum atomic E-state index is 0.0825. The van der Waals surface area contributed by atoms with Crippen LogP contribution in [0.2, 0.25) is 0 Å². The quantitative estimate of drug-likeness (QED) is 0.556. The maximum absolute atomic E-state index is 10.2. The van der Waals surface area contributed by atoms with Crippen molar-refractivity contribution in [3.05, 3.63) is 48.0 Å². The van der Waals surface area contributed by atoms with Gasteiger partial charge in [0, 0.05) is 10.9 Å². The number of nitriles is 1. The maximum Gasteiger partial charge on any atom is 0.199 e. The molecule has 0 bridgehead atoms. The Morgan fingerprint density at radius 3 is 2.86 bits per heavy atom. The summed E-state index contributed by atoms with van der Waals surface area (Å²) >= 11 is 1.52. The second-order valence-electron chi connectivity index (χ2n) is 4.71. The lowest BCUT2D eigenvalue weighted by Gasteiger charge is -1.95. The normalized spacial score (nSPS) is 11.0. The van der Waals surface area contributed by atoms with Gasteiger partial charge < -0.3 is 10.1 Å². The summed E-state index contributed by atoms with van der Waals surface area (Å²) in [7, 11) is 0. The fourth-order valence-electron chi connectivity index (χ4n) is 2.44. The van der Waals surface area contributed by atoms with Gasteiger partial charge in [0.25, 0.3) is 0 Å². The van der Waals surface area contributed by atoms with Crippen molar-refractivity contribution in [1.29, 1.82) is 5.26 Å². The zero-order chi connectivity index (χ0) is 14.4. The Hall–Kier alpha value is -2.84. The number of rotatable bonds is 1. The van der Waals surface area contributed by atoms with E-state index in [9.17, 15) is 5.11 Å². The molecule has 4 aromatic rings. The second kappa shape index (κ2) is 4.33. The summed E-state index contributed by atoms with van der Waals surface area (Å²) in [6.07, 6.45) is 0. The van der Waals surface area contributed by atoms with E-state index in [0.717, 1.165) is 26.1 Å². The first kappa shape index (κ1) is 11.9. The van der Waals surface area contributed by atoms with Gasteiger partial charge in [0.1, 0.15) is 5.01 Å². The molecule has 0 atom stereocenters. The number of para-hydroxylation sites is 1. The minimum absolute atomic E-state index is 0.0825. The van der Waals surface area contributed by atoms with Crippen LogP contribution in [0.1, 0.15) is 5.56 Å². The van der Waals surface area contributed by atoms with Gasteiger partial charge in [-0.3, -0.25) is 0 Å². The Labute approximate surface area is 123 Å². The molecule has 0 unspecified atom stereocenters. The highest BCUT2D eigenvalue weighted by molar-refractivity contribution is 7.21. The third-order valence-corrected chi connectivity index (χ3v) is 4.47. The number of H-pyrrole nitrogens is 1. The van der Waals surface area contributed by atoms with E-state index >= 15 is 0 Å². The number of hydrogen-bond acceptors (Lipinski definition) is 4. The van der Waals surface area contributed by atoms with Gasteiger partial charge in [-0.25, -0.2) is 4.98 Å². The summed E-state index contributed by atoms with van der Waals surface area (Å²) in [4.78, 5) is 7.51. The Balaban J connectivity index is 2.04. The molecule has 0 fully saturated rings. The minimum Gasteiger partial charge on any atom is -0.494 e. The first-order valence-electron chi connectivity index (χ1n) is 6.37. The first-order chi connectivity index (χ1) is 10.3. The molecule has 4 rings (SSSR count). The molecule has 2 aromatic heterocycles. The van der Waals surface area contributed by atoms with E-state index in [1.165, 1.54) is 11.3 Å². The molecule has 2 heterocycles. The van der Waals surface area contributed by atoms with E-state index in [-0.39, 0.29) is 5.88 Å². The molecular formula is C16H9N3OS. The van der Waals surface area contributed by atoms with Crippen molar-refractivity contribution in [2.45, 2.75) is 0 Å². The molecule has 0 aliphatic carbocycles. The maximum atomic E-state index is 10.2. The molecule has 2 N–H and O–H groups in total. The van der Waals surface area contributed by atoms with Crippen LogP contribution in [0.15, 0.2) is 42.5 Å². The molecule has 0 aliphatic rings. The average molecular weight is 291 g/mol. The Morgan fingerprint density at radius 1 is 1.19 bits per heavy atom. The van der Waals surface area contributed by atoms with Crippen LogP contribution >= 0.6 is 11.3 Å². The fraction of sp³-hybridized carbons (Fsp3) is 0. The molecule has 0 spiro atoms. The average Bonchev–Trinajstić information content (AvgIpc) is 3.05. The van der Waals surface area contributed by atoms with E-state index in [4.69, 9.17) is 5.26 Å². The van der Waals surface area contributed by atoms with Crippen LogP contribution in [0, 0.1) is 11.3 Å². The number of hydrogen-bond donors (Lipinski definition) is 2. The standard InChI is InChI=1S/C16H9N3OS/c17-8-9-5-6-11-10(7-9)14(15(20)18-11)16-19-12-3-1-2-4-13(12)21-16/h1-7,18,20H. The zero-order valence-corrected chi connectivity index (χ0v) is 11.6. The monoisotopic (exact) mass is 291 g/mol. The van der Waals surface area contributed by atoms with Crippen molar-refractivity contribution in [3.63, 3.8) is 0 Å². The first-order valence-corrected chi connectivity index (χ1v) is 7.18. The number of aromatic nitrogens is 2. The number of aromatic amines is 1. The molecule has 21 heavy (non-hydrogen) atoms. The van der Waals surface area contributed by atoms with Crippen molar-refractivity contribution < 1.29 is 5.11 Å². The summed E-state index contributed by atoms with van der Waals surface area (Å²) in [5.41, 5.74) is 2.91. The topological polar surface area (TPSA) is 72.7 Å². The van der Waals surface area contributed by atoms with Crippen molar-refractivity contribution in [2.75, 3.05) is 0 Å².